The van der Waals surface area contributed by atoms with Gasteiger partial charge in [-0.1, -0.05) is 12.7 Å². The van der Waals surface area contributed by atoms with Crippen LogP contribution in [0.5, 0.6) is 34.5 Å². The first-order valence-corrected chi connectivity index (χ1v) is 9.51. The van der Waals surface area contributed by atoms with Crippen molar-refractivity contribution in [2.45, 2.75) is 0 Å². The molecular weight excluding hydrogens is 424 g/mol. The Hall–Kier alpha value is -3.72. The first kappa shape index (κ1) is 25.3. The average molecular weight is 448 g/mol. The molecular formula is C22H24O8S. The Morgan fingerprint density at radius 2 is 1.23 bits per heavy atom. The number of carbonyl (C=O) groups excluding carboxylic acids is 1. The molecule has 0 heterocycles. The van der Waals surface area contributed by atoms with Crippen LogP contribution in [0.1, 0.15) is 11.1 Å². The number of hydrogen-bond donors (Lipinski definition) is 2. The molecule has 0 bridgehead atoms. The van der Waals surface area contributed by atoms with Crippen molar-refractivity contribution in [2.24, 2.45) is 0 Å². The van der Waals surface area contributed by atoms with Crippen LogP contribution >= 0.6 is 0 Å². The minimum absolute atomic E-state index is 0.00569. The maximum absolute atomic E-state index is 11.2. The molecule has 2 N–H and O–H groups in total. The summed E-state index contributed by atoms with van der Waals surface area (Å²) in [6.07, 6.45) is 4.31. The fourth-order valence-electron chi connectivity index (χ4n) is 2.47. The van der Waals surface area contributed by atoms with E-state index in [0.29, 0.717) is 28.6 Å². The van der Waals surface area contributed by atoms with Gasteiger partial charge in [-0.2, -0.15) is 0 Å². The maximum atomic E-state index is 11.2. The molecule has 9 heteroatoms. The highest BCUT2D eigenvalue weighted by Crippen LogP contribution is 2.35. The van der Waals surface area contributed by atoms with Crippen molar-refractivity contribution < 1.29 is 38.2 Å². The number of ketones is 1. The number of ether oxygens (including phenoxy) is 4. The van der Waals surface area contributed by atoms with Gasteiger partial charge in [-0.3, -0.25) is 4.79 Å². The van der Waals surface area contributed by atoms with Crippen LogP contribution in [0, 0.1) is 0 Å². The molecule has 0 aliphatic carbocycles. The minimum Gasteiger partial charge on any atom is -0.508 e. The van der Waals surface area contributed by atoms with Crippen molar-refractivity contribution in [2.75, 3.05) is 28.4 Å². The lowest BCUT2D eigenvalue weighted by Crippen LogP contribution is -1.95. The van der Waals surface area contributed by atoms with Crippen molar-refractivity contribution >= 4 is 34.6 Å². The smallest absolute Gasteiger partial charge is 0.191 e. The Bertz CT molecular complexity index is 957. The van der Waals surface area contributed by atoms with Crippen LogP contribution < -0.4 is 18.9 Å². The summed E-state index contributed by atoms with van der Waals surface area (Å²) >= 11 is 0.0889. The lowest BCUT2D eigenvalue weighted by atomic mass is 10.1. The van der Waals surface area contributed by atoms with Gasteiger partial charge in [-0.25, -0.2) is 4.21 Å². The number of methoxy groups -OCH3 is 4. The van der Waals surface area contributed by atoms with Crippen LogP contribution in [0.25, 0.3) is 12.2 Å². The lowest BCUT2D eigenvalue weighted by molar-refractivity contribution is -0.108. The molecule has 0 saturated carbocycles. The van der Waals surface area contributed by atoms with Crippen molar-refractivity contribution in [1.82, 2.24) is 0 Å². The molecule has 8 nitrogen and oxygen atoms in total. The molecule has 166 valence electrons. The zero-order valence-electron chi connectivity index (χ0n) is 17.6. The predicted octanol–water partition coefficient (Wildman–Crippen LogP) is 3.06. The van der Waals surface area contributed by atoms with Crippen LogP contribution in [0.3, 0.4) is 0 Å². The van der Waals surface area contributed by atoms with Crippen molar-refractivity contribution in [3.8, 4) is 34.5 Å². The molecule has 0 aliphatic heterocycles. The van der Waals surface area contributed by atoms with Crippen molar-refractivity contribution in [3.63, 3.8) is 0 Å². The molecule has 0 atom stereocenters. The second-order valence-corrected chi connectivity index (χ2v) is 6.11. The highest BCUT2D eigenvalue weighted by atomic mass is 32.1. The van der Waals surface area contributed by atoms with Crippen LogP contribution in [-0.4, -0.2) is 54.0 Å². The Labute approximate surface area is 184 Å². The van der Waals surface area contributed by atoms with E-state index in [1.807, 2.05) is 0 Å². The second kappa shape index (κ2) is 12.8. The summed E-state index contributed by atoms with van der Waals surface area (Å²) in [5.74, 6) is 1.51. The van der Waals surface area contributed by atoms with Gasteiger partial charge >= 0.3 is 0 Å². The van der Waals surface area contributed by atoms with Crippen LogP contribution in [0.4, 0.5) is 0 Å². The second-order valence-electron chi connectivity index (χ2n) is 5.68. The quantitative estimate of drug-likeness (QED) is 0.468. The molecule has 0 amide bonds. The van der Waals surface area contributed by atoms with E-state index in [2.05, 4.69) is 6.58 Å². The van der Waals surface area contributed by atoms with E-state index in [1.165, 1.54) is 64.9 Å². The van der Waals surface area contributed by atoms with Gasteiger partial charge in [0, 0.05) is 24.3 Å². The largest absolute Gasteiger partial charge is 0.508 e. The van der Waals surface area contributed by atoms with E-state index in [1.54, 1.807) is 6.08 Å². The highest BCUT2D eigenvalue weighted by Gasteiger charge is 2.10. The predicted molar refractivity (Wildman–Crippen MR) is 121 cm³/mol. The summed E-state index contributed by atoms with van der Waals surface area (Å²) < 4.78 is 30.4. The van der Waals surface area contributed by atoms with Crippen LogP contribution in [0.15, 0.2) is 36.9 Å². The molecule has 2 aromatic rings. The summed E-state index contributed by atoms with van der Waals surface area (Å²) in [4.78, 5) is 11.2. The fourth-order valence-corrected chi connectivity index (χ4v) is 2.64. The SMILES string of the molecule is C=Cc1c(OC)cc(O)cc1OC.COc1cc(O)cc(OC)c1C=CC(=O)C=S=O. The average Bonchev–Trinajstić information content (AvgIpc) is 2.77. The number of allylic oxidation sites excluding steroid dienone is 1. The number of aromatic hydroxyl groups is 2. The molecule has 0 radical (unpaired) electrons. The molecule has 0 fully saturated rings. The Morgan fingerprint density at radius 3 is 1.55 bits per heavy atom. The maximum Gasteiger partial charge on any atom is 0.191 e. The number of hydrogen-bond acceptors (Lipinski definition) is 8. The fraction of sp³-hybridized carbons (Fsp3) is 0.182. The molecule has 2 rings (SSSR count). The third-order valence-electron chi connectivity index (χ3n) is 3.84. The number of benzene rings is 2. The Morgan fingerprint density at radius 1 is 0.839 bits per heavy atom. The monoisotopic (exact) mass is 448 g/mol. The van der Waals surface area contributed by atoms with E-state index in [9.17, 15) is 19.2 Å². The van der Waals surface area contributed by atoms with Gasteiger partial charge < -0.3 is 29.2 Å². The summed E-state index contributed by atoms with van der Waals surface area (Å²) in [5, 5.41) is 19.7. The van der Waals surface area contributed by atoms with Gasteiger partial charge in [0.05, 0.1) is 56.2 Å². The molecule has 31 heavy (non-hydrogen) atoms. The van der Waals surface area contributed by atoms with Gasteiger partial charge in [-0.05, 0) is 12.2 Å². The molecule has 0 unspecified atom stereocenters. The number of phenolic OH excluding ortho intramolecular Hbond substituents is 2. The lowest BCUT2D eigenvalue weighted by Gasteiger charge is -2.10. The Balaban J connectivity index is 0.000000327. The highest BCUT2D eigenvalue weighted by molar-refractivity contribution is 7.66. The summed E-state index contributed by atoms with van der Waals surface area (Å²) in [7, 11) is 5.93. The molecule has 2 aromatic carbocycles. The zero-order valence-corrected chi connectivity index (χ0v) is 18.4. The number of carbonyl (C=O) groups is 1. The van der Waals surface area contributed by atoms with Gasteiger partial charge in [0.2, 0.25) is 0 Å². The van der Waals surface area contributed by atoms with E-state index in [0.717, 1.165) is 10.9 Å². The van der Waals surface area contributed by atoms with Crippen LogP contribution in [0.2, 0.25) is 0 Å². The van der Waals surface area contributed by atoms with Gasteiger partial charge in [0.15, 0.2) is 5.78 Å². The third kappa shape index (κ3) is 7.23. The van der Waals surface area contributed by atoms with Gasteiger partial charge in [0.1, 0.15) is 34.5 Å². The van der Waals surface area contributed by atoms with E-state index < -0.39 is 5.78 Å². The van der Waals surface area contributed by atoms with E-state index in [-0.39, 0.29) is 22.8 Å². The van der Waals surface area contributed by atoms with Gasteiger partial charge in [0.25, 0.3) is 0 Å². The van der Waals surface area contributed by atoms with Crippen molar-refractivity contribution in [3.05, 3.63) is 48.0 Å². The first-order valence-electron chi connectivity index (χ1n) is 8.71. The van der Waals surface area contributed by atoms with E-state index >= 15 is 0 Å². The number of phenols is 2. The molecule has 0 aromatic heterocycles. The molecule has 0 spiro atoms. The van der Waals surface area contributed by atoms with Crippen molar-refractivity contribution in [1.29, 1.82) is 0 Å². The molecule has 0 aliphatic rings. The summed E-state index contributed by atoms with van der Waals surface area (Å²) in [6, 6.07) is 5.83. The summed E-state index contributed by atoms with van der Waals surface area (Å²) in [5.41, 5.74) is 1.25. The summed E-state index contributed by atoms with van der Waals surface area (Å²) in [6.45, 7) is 3.64. The normalized spacial score (nSPS) is 9.81. The topological polar surface area (TPSA) is 112 Å². The van der Waals surface area contributed by atoms with Crippen LogP contribution in [-0.2, 0) is 16.1 Å². The third-order valence-corrected chi connectivity index (χ3v) is 4.17. The number of rotatable bonds is 8. The van der Waals surface area contributed by atoms with E-state index in [4.69, 9.17) is 18.9 Å². The minimum atomic E-state index is -0.424. The zero-order chi connectivity index (χ0) is 23.4. The first-order chi connectivity index (χ1) is 14.8. The Kier molecular flexibility index (Phi) is 10.4. The van der Waals surface area contributed by atoms with Gasteiger partial charge in [-0.15, -0.1) is 0 Å². The molecule has 0 saturated heterocycles. The standard InChI is InChI=1S/C12H12O5S.C10H12O3/c1-16-11-5-9(14)6-12(17-2)10(11)4-3-8(13)7-18-15;1-4-8-9(12-2)5-7(11)6-10(8)13-3/h3-7,14H,1-2H3;4-6,11H,1H2,2-3H3.